The predicted octanol–water partition coefficient (Wildman–Crippen LogP) is 0.698. The molecule has 1 aliphatic rings. The van der Waals surface area contributed by atoms with E-state index in [2.05, 4.69) is 0 Å². The molecule has 0 spiro atoms. The van der Waals surface area contributed by atoms with E-state index in [9.17, 15) is 30.3 Å². The summed E-state index contributed by atoms with van der Waals surface area (Å²) in [6.07, 6.45) is -5.58. The highest BCUT2D eigenvalue weighted by Gasteiger charge is 2.39. The lowest BCUT2D eigenvalue weighted by molar-refractivity contribution is -0.242. The maximum absolute atomic E-state index is 12.6. The Hall–Kier alpha value is -3.31. The summed E-state index contributed by atoms with van der Waals surface area (Å²) in [5.41, 5.74) is -0.0714. The van der Waals surface area contributed by atoms with Crippen LogP contribution in [0.1, 0.15) is 0 Å². The molecule has 2 aromatic carbocycles. The number of fused-ring (bicyclic) bond motifs is 1. The minimum atomic E-state index is -1.54. The number of rotatable bonds is 4. The van der Waals surface area contributed by atoms with Crippen molar-refractivity contribution in [1.82, 2.24) is 0 Å². The molecule has 0 saturated carbocycles. The van der Waals surface area contributed by atoms with E-state index in [-0.39, 0.29) is 40.6 Å². The van der Waals surface area contributed by atoms with Gasteiger partial charge < -0.3 is 44.2 Å². The Bertz CT molecular complexity index is 1170. The van der Waals surface area contributed by atoms with E-state index >= 15 is 0 Å². The highest BCUT2D eigenvalue weighted by atomic mass is 16.7. The largest absolute Gasteiger partial charge is 0.507 e. The zero-order chi connectivity index (χ0) is 22.3. The predicted molar refractivity (Wildman–Crippen MR) is 106 cm³/mol. The lowest BCUT2D eigenvalue weighted by Gasteiger charge is -2.34. The van der Waals surface area contributed by atoms with Crippen molar-refractivity contribution in [2.24, 2.45) is 0 Å². The molecule has 2 heterocycles. The number of hydrogen-bond donors (Lipinski definition) is 5. The molecule has 1 saturated heterocycles. The van der Waals surface area contributed by atoms with Crippen LogP contribution in [-0.2, 0) is 4.74 Å². The molecular weight excluding hydrogens is 412 g/mol. The van der Waals surface area contributed by atoms with Crippen LogP contribution < -0.4 is 14.9 Å². The Labute approximate surface area is 175 Å². The highest BCUT2D eigenvalue weighted by Crippen LogP contribution is 2.35. The van der Waals surface area contributed by atoms with Crippen molar-refractivity contribution in [1.29, 1.82) is 0 Å². The van der Waals surface area contributed by atoms with E-state index in [1.165, 1.54) is 37.4 Å². The number of hydrogen-bond acceptors (Lipinski definition) is 10. The third kappa shape index (κ3) is 3.89. The summed E-state index contributed by atoms with van der Waals surface area (Å²) in [5.74, 6) is -0.159. The topological polar surface area (TPSA) is 159 Å². The third-order valence-corrected chi connectivity index (χ3v) is 4.95. The second-order valence-electron chi connectivity index (χ2n) is 7.05. The summed E-state index contributed by atoms with van der Waals surface area (Å²) in [6.45, 7) is -0.260. The van der Waals surface area contributed by atoms with Crippen LogP contribution in [0.25, 0.3) is 22.3 Å². The van der Waals surface area contributed by atoms with Gasteiger partial charge in [-0.1, -0.05) is 0 Å². The van der Waals surface area contributed by atoms with Gasteiger partial charge in [0.15, 0.2) is 16.9 Å². The normalized spacial score (nSPS) is 23.6. The van der Waals surface area contributed by atoms with E-state index in [1.807, 2.05) is 0 Å². The molecule has 0 amide bonds. The van der Waals surface area contributed by atoms with Crippen LogP contribution in [0.5, 0.6) is 23.0 Å². The van der Waals surface area contributed by atoms with Gasteiger partial charge in [0.05, 0.1) is 13.7 Å². The molecule has 164 valence electrons. The molecule has 0 bridgehead atoms. The van der Waals surface area contributed by atoms with E-state index in [1.54, 1.807) is 0 Å². The molecule has 1 fully saturated rings. The number of aromatic hydroxyl groups is 2. The maximum Gasteiger partial charge on any atom is 0.228 e. The van der Waals surface area contributed by atoms with Gasteiger partial charge in [-0.2, -0.15) is 0 Å². The summed E-state index contributed by atoms with van der Waals surface area (Å²) in [4.78, 5) is 12.6. The van der Waals surface area contributed by atoms with Crippen LogP contribution in [0.15, 0.2) is 45.6 Å². The van der Waals surface area contributed by atoms with Crippen LogP contribution in [-0.4, -0.2) is 63.9 Å². The second kappa shape index (κ2) is 8.08. The molecule has 4 unspecified atom stereocenters. The lowest BCUT2D eigenvalue weighted by Crippen LogP contribution is -2.54. The Morgan fingerprint density at radius 2 is 1.77 bits per heavy atom. The summed E-state index contributed by atoms with van der Waals surface area (Å²) >= 11 is 0. The first-order valence-electron chi connectivity index (χ1n) is 9.29. The minimum Gasteiger partial charge on any atom is -0.507 e. The molecule has 10 heteroatoms. The smallest absolute Gasteiger partial charge is 0.228 e. The van der Waals surface area contributed by atoms with Gasteiger partial charge in [0, 0.05) is 23.8 Å². The van der Waals surface area contributed by atoms with Crippen LogP contribution >= 0.6 is 0 Å². The molecule has 3 aromatic rings. The van der Waals surface area contributed by atoms with Crippen molar-refractivity contribution in [3.8, 4) is 34.3 Å². The zero-order valence-corrected chi connectivity index (χ0v) is 16.3. The number of aliphatic hydroxyl groups excluding tert-OH is 3. The average molecular weight is 432 g/mol. The first-order chi connectivity index (χ1) is 14.8. The van der Waals surface area contributed by atoms with Crippen molar-refractivity contribution in [3.63, 3.8) is 0 Å². The van der Waals surface area contributed by atoms with Gasteiger partial charge in [-0.15, -0.1) is 0 Å². The van der Waals surface area contributed by atoms with Crippen molar-refractivity contribution in [2.75, 3.05) is 13.7 Å². The molecule has 4 rings (SSSR count). The number of ether oxygens (including phenoxy) is 3. The molecule has 5 N–H and O–H groups in total. The van der Waals surface area contributed by atoms with E-state index < -0.39 is 35.8 Å². The van der Waals surface area contributed by atoms with Crippen molar-refractivity contribution in [2.45, 2.75) is 24.6 Å². The van der Waals surface area contributed by atoms with Crippen molar-refractivity contribution >= 4 is 11.0 Å². The molecule has 1 aliphatic heterocycles. The van der Waals surface area contributed by atoms with Crippen LogP contribution in [0.3, 0.4) is 0 Å². The fraction of sp³-hybridized carbons (Fsp3) is 0.286. The first kappa shape index (κ1) is 20.9. The van der Waals surface area contributed by atoms with Gasteiger partial charge in [0.2, 0.25) is 6.29 Å². The quantitative estimate of drug-likeness (QED) is 0.397. The van der Waals surface area contributed by atoms with Crippen molar-refractivity contribution < 1.29 is 44.2 Å². The molecule has 1 aromatic heterocycles. The fourth-order valence-electron chi connectivity index (χ4n) is 3.30. The van der Waals surface area contributed by atoms with Crippen LogP contribution in [0, 0.1) is 0 Å². The molecule has 0 aliphatic carbocycles. The van der Waals surface area contributed by atoms with E-state index in [4.69, 9.17) is 18.6 Å². The van der Waals surface area contributed by atoms with E-state index in [0.29, 0.717) is 5.56 Å². The Morgan fingerprint density at radius 3 is 2.52 bits per heavy atom. The summed E-state index contributed by atoms with van der Waals surface area (Å²) in [5, 5.41) is 49.3. The van der Waals surface area contributed by atoms with Crippen LogP contribution in [0.2, 0.25) is 0 Å². The Balaban J connectivity index is 1.73. The Kier molecular flexibility index (Phi) is 5.46. The molecule has 4 atom stereocenters. The van der Waals surface area contributed by atoms with Crippen molar-refractivity contribution in [3.05, 3.63) is 46.6 Å². The zero-order valence-electron chi connectivity index (χ0n) is 16.3. The van der Waals surface area contributed by atoms with Gasteiger partial charge in [0.25, 0.3) is 0 Å². The van der Waals surface area contributed by atoms with Gasteiger partial charge in [-0.25, -0.2) is 0 Å². The number of phenols is 2. The number of benzene rings is 2. The molecule has 0 radical (unpaired) electrons. The number of methoxy groups -OCH3 is 1. The standard InChI is InChI=1S/C21H20O10/c1-28-16-4-9(2-3-11(16)22)15-7-13(24)18-12(23)5-10(6-17(18)31-15)30-21-20(27)19(26)14(25)8-29-21/h2-7,14,19-23,25-27H,8H2,1H3. The van der Waals surface area contributed by atoms with Gasteiger partial charge in [-0.05, 0) is 18.2 Å². The SMILES string of the molecule is COc1cc(-c2cc(=O)c3c(O)cc(OC4OCC(O)C(O)C4O)cc3o2)ccc1O. The first-order valence-corrected chi connectivity index (χ1v) is 9.29. The lowest BCUT2D eigenvalue weighted by atomic mass is 10.1. The monoisotopic (exact) mass is 432 g/mol. The fourth-order valence-corrected chi connectivity index (χ4v) is 3.30. The second-order valence-corrected chi connectivity index (χ2v) is 7.05. The minimum absolute atomic E-state index is 0.00114. The van der Waals surface area contributed by atoms with E-state index in [0.717, 1.165) is 6.07 Å². The highest BCUT2D eigenvalue weighted by molar-refractivity contribution is 5.86. The maximum atomic E-state index is 12.6. The van der Waals surface area contributed by atoms with Crippen LogP contribution in [0.4, 0.5) is 0 Å². The molecule has 10 nitrogen and oxygen atoms in total. The average Bonchev–Trinajstić information content (AvgIpc) is 2.74. The molecular formula is C21H20O10. The Morgan fingerprint density at radius 1 is 1.00 bits per heavy atom. The van der Waals surface area contributed by atoms with Gasteiger partial charge in [-0.3, -0.25) is 4.79 Å². The summed E-state index contributed by atoms with van der Waals surface area (Å²) < 4.78 is 21.5. The number of phenolic OH excluding ortho intramolecular Hbond substituents is 2. The third-order valence-electron chi connectivity index (χ3n) is 4.95. The summed E-state index contributed by atoms with van der Waals surface area (Å²) in [7, 11) is 1.38. The van der Waals surface area contributed by atoms with Gasteiger partial charge >= 0.3 is 0 Å². The number of aliphatic hydroxyl groups is 3. The summed E-state index contributed by atoms with van der Waals surface area (Å²) in [6, 6.07) is 8.07. The molecule has 31 heavy (non-hydrogen) atoms. The van der Waals surface area contributed by atoms with Gasteiger partial charge in [0.1, 0.15) is 46.5 Å².